The Morgan fingerprint density at radius 2 is 1.57 bits per heavy atom. The fourth-order valence-electron chi connectivity index (χ4n) is 1.68. The van der Waals surface area contributed by atoms with Crippen molar-refractivity contribution in [2.24, 2.45) is 5.73 Å². The molecule has 4 nitrogen and oxygen atoms in total. The first-order chi connectivity index (χ1) is 10.2. The SMILES string of the molecule is NC(=O)c1ccc(C(=O)NCC#Cc2ccccc2)cc1. The first kappa shape index (κ1) is 14.4. The number of carbonyl (C=O) groups excluding carboxylic acids is 2. The van der Waals surface area contributed by atoms with Crippen LogP contribution >= 0.6 is 0 Å². The number of nitrogens with two attached hydrogens (primary N) is 1. The second-order valence-corrected chi connectivity index (χ2v) is 4.29. The van der Waals surface area contributed by atoms with Crippen molar-refractivity contribution >= 4 is 11.8 Å². The quantitative estimate of drug-likeness (QED) is 0.836. The summed E-state index contributed by atoms with van der Waals surface area (Å²) in [7, 11) is 0. The van der Waals surface area contributed by atoms with Crippen LogP contribution in [0, 0.1) is 11.8 Å². The Hall–Kier alpha value is -3.06. The summed E-state index contributed by atoms with van der Waals surface area (Å²) >= 11 is 0. The van der Waals surface area contributed by atoms with E-state index in [1.54, 1.807) is 12.1 Å². The molecule has 0 bridgehead atoms. The van der Waals surface area contributed by atoms with Gasteiger partial charge in [0.25, 0.3) is 5.91 Å². The van der Waals surface area contributed by atoms with Gasteiger partial charge in [-0.25, -0.2) is 0 Å². The number of benzene rings is 2. The van der Waals surface area contributed by atoms with Crippen molar-refractivity contribution in [1.29, 1.82) is 0 Å². The Morgan fingerprint density at radius 3 is 2.19 bits per heavy atom. The minimum Gasteiger partial charge on any atom is -0.366 e. The monoisotopic (exact) mass is 278 g/mol. The molecule has 2 aromatic carbocycles. The Morgan fingerprint density at radius 1 is 0.952 bits per heavy atom. The molecule has 2 rings (SSSR count). The summed E-state index contributed by atoms with van der Waals surface area (Å²) < 4.78 is 0. The number of amides is 2. The molecule has 0 atom stereocenters. The third-order valence-corrected chi connectivity index (χ3v) is 2.78. The molecule has 21 heavy (non-hydrogen) atoms. The summed E-state index contributed by atoms with van der Waals surface area (Å²) in [6.07, 6.45) is 0. The van der Waals surface area contributed by atoms with Crippen molar-refractivity contribution in [2.75, 3.05) is 6.54 Å². The van der Waals surface area contributed by atoms with Gasteiger partial charge in [-0.2, -0.15) is 0 Å². The molecule has 4 heteroatoms. The van der Waals surface area contributed by atoms with E-state index in [0.29, 0.717) is 11.1 Å². The molecule has 0 aliphatic heterocycles. The zero-order valence-electron chi connectivity index (χ0n) is 11.3. The van der Waals surface area contributed by atoms with E-state index in [0.717, 1.165) is 5.56 Å². The minimum atomic E-state index is -0.518. The van der Waals surface area contributed by atoms with Crippen molar-refractivity contribution in [1.82, 2.24) is 5.32 Å². The molecule has 0 unspecified atom stereocenters. The smallest absolute Gasteiger partial charge is 0.252 e. The summed E-state index contributed by atoms with van der Waals surface area (Å²) in [5, 5.41) is 2.69. The Balaban J connectivity index is 1.90. The molecule has 0 aromatic heterocycles. The van der Waals surface area contributed by atoms with E-state index in [-0.39, 0.29) is 12.5 Å². The first-order valence-electron chi connectivity index (χ1n) is 6.39. The molecular formula is C17H14N2O2. The number of carbonyl (C=O) groups is 2. The van der Waals surface area contributed by atoms with Gasteiger partial charge in [0.2, 0.25) is 5.91 Å². The van der Waals surface area contributed by atoms with Crippen LogP contribution in [-0.4, -0.2) is 18.4 Å². The van der Waals surface area contributed by atoms with Gasteiger partial charge in [-0.1, -0.05) is 30.0 Å². The molecule has 0 aliphatic carbocycles. The van der Waals surface area contributed by atoms with Gasteiger partial charge in [0.15, 0.2) is 0 Å². The van der Waals surface area contributed by atoms with Gasteiger partial charge >= 0.3 is 0 Å². The highest BCUT2D eigenvalue weighted by Crippen LogP contribution is 2.03. The fraction of sp³-hybridized carbons (Fsp3) is 0.0588. The lowest BCUT2D eigenvalue weighted by Gasteiger charge is -2.02. The average Bonchev–Trinajstić information content (AvgIpc) is 2.52. The van der Waals surface area contributed by atoms with Crippen LogP contribution in [0.2, 0.25) is 0 Å². The summed E-state index contributed by atoms with van der Waals surface area (Å²) in [5.41, 5.74) is 6.87. The second kappa shape index (κ2) is 6.92. The minimum absolute atomic E-state index is 0.242. The van der Waals surface area contributed by atoms with E-state index >= 15 is 0 Å². The normalized spacial score (nSPS) is 9.33. The lowest BCUT2D eigenvalue weighted by atomic mass is 10.1. The maximum atomic E-state index is 11.8. The predicted octanol–water partition coefficient (Wildman–Crippen LogP) is 1.57. The standard InChI is InChI=1S/C17H14N2O2/c18-16(20)14-8-10-15(11-9-14)17(21)19-12-4-7-13-5-2-1-3-6-13/h1-3,5-6,8-11H,12H2,(H2,18,20)(H,19,21). The Labute approximate surface area is 123 Å². The van der Waals surface area contributed by atoms with E-state index in [1.807, 2.05) is 30.3 Å². The lowest BCUT2D eigenvalue weighted by Crippen LogP contribution is -2.23. The number of rotatable bonds is 3. The van der Waals surface area contributed by atoms with Crippen LogP contribution in [0.1, 0.15) is 26.3 Å². The number of nitrogens with one attached hydrogen (secondary N) is 1. The molecule has 3 N–H and O–H groups in total. The molecule has 0 spiro atoms. The van der Waals surface area contributed by atoms with Crippen LogP contribution < -0.4 is 11.1 Å². The summed E-state index contributed by atoms with van der Waals surface area (Å²) in [6, 6.07) is 15.7. The highest BCUT2D eigenvalue weighted by atomic mass is 16.2. The van der Waals surface area contributed by atoms with Gasteiger partial charge in [0.05, 0.1) is 6.54 Å². The van der Waals surface area contributed by atoms with E-state index in [4.69, 9.17) is 5.73 Å². The molecule has 2 amide bonds. The fourth-order valence-corrected chi connectivity index (χ4v) is 1.68. The van der Waals surface area contributed by atoms with Gasteiger partial charge in [-0.15, -0.1) is 0 Å². The largest absolute Gasteiger partial charge is 0.366 e. The Kier molecular flexibility index (Phi) is 4.73. The molecule has 104 valence electrons. The second-order valence-electron chi connectivity index (χ2n) is 4.29. The van der Waals surface area contributed by atoms with Crippen LogP contribution in [0.5, 0.6) is 0 Å². The summed E-state index contributed by atoms with van der Waals surface area (Å²) in [5.74, 6) is 5.07. The van der Waals surface area contributed by atoms with Crippen LogP contribution in [0.25, 0.3) is 0 Å². The maximum absolute atomic E-state index is 11.8. The lowest BCUT2D eigenvalue weighted by molar-refractivity contribution is 0.0955. The van der Waals surface area contributed by atoms with E-state index in [1.165, 1.54) is 12.1 Å². The van der Waals surface area contributed by atoms with Gasteiger partial charge < -0.3 is 11.1 Å². The Bertz CT molecular complexity index is 695. The van der Waals surface area contributed by atoms with Crippen molar-refractivity contribution in [2.45, 2.75) is 0 Å². The van der Waals surface area contributed by atoms with Crippen molar-refractivity contribution in [3.8, 4) is 11.8 Å². The van der Waals surface area contributed by atoms with E-state index in [2.05, 4.69) is 17.2 Å². The molecule has 0 fully saturated rings. The van der Waals surface area contributed by atoms with Gasteiger partial charge in [-0.05, 0) is 36.4 Å². The van der Waals surface area contributed by atoms with Gasteiger partial charge in [0, 0.05) is 16.7 Å². The highest BCUT2D eigenvalue weighted by molar-refractivity contribution is 5.97. The van der Waals surface area contributed by atoms with E-state index < -0.39 is 5.91 Å². The van der Waals surface area contributed by atoms with Crippen molar-refractivity contribution in [3.05, 3.63) is 71.3 Å². The molecule has 0 saturated carbocycles. The topological polar surface area (TPSA) is 72.2 Å². The van der Waals surface area contributed by atoms with Crippen LogP contribution in [0.15, 0.2) is 54.6 Å². The molecule has 0 saturated heterocycles. The zero-order valence-corrected chi connectivity index (χ0v) is 11.3. The third-order valence-electron chi connectivity index (χ3n) is 2.78. The molecular weight excluding hydrogens is 264 g/mol. The number of hydrogen-bond acceptors (Lipinski definition) is 2. The average molecular weight is 278 g/mol. The number of hydrogen-bond donors (Lipinski definition) is 2. The third kappa shape index (κ3) is 4.22. The molecule has 0 aliphatic rings. The highest BCUT2D eigenvalue weighted by Gasteiger charge is 2.05. The van der Waals surface area contributed by atoms with Gasteiger partial charge in [-0.3, -0.25) is 9.59 Å². The van der Waals surface area contributed by atoms with Crippen LogP contribution in [0.4, 0.5) is 0 Å². The van der Waals surface area contributed by atoms with E-state index in [9.17, 15) is 9.59 Å². The number of primary amides is 1. The van der Waals surface area contributed by atoms with Crippen molar-refractivity contribution < 1.29 is 9.59 Å². The maximum Gasteiger partial charge on any atom is 0.252 e. The van der Waals surface area contributed by atoms with Gasteiger partial charge in [0.1, 0.15) is 0 Å². The van der Waals surface area contributed by atoms with Crippen LogP contribution in [0.3, 0.4) is 0 Å². The molecule has 0 heterocycles. The molecule has 2 aromatic rings. The van der Waals surface area contributed by atoms with Crippen LogP contribution in [-0.2, 0) is 0 Å². The van der Waals surface area contributed by atoms with Crippen molar-refractivity contribution in [3.63, 3.8) is 0 Å². The predicted molar refractivity (Wildman–Crippen MR) is 80.6 cm³/mol. The summed E-state index contributed by atoms with van der Waals surface area (Å²) in [4.78, 5) is 22.8. The zero-order chi connectivity index (χ0) is 15.1. The molecule has 0 radical (unpaired) electrons. The first-order valence-corrected chi connectivity index (χ1v) is 6.39. The summed E-state index contributed by atoms with van der Waals surface area (Å²) in [6.45, 7) is 0.255.